The van der Waals surface area contributed by atoms with Crippen molar-refractivity contribution in [2.75, 3.05) is 26.2 Å². The molecule has 1 unspecified atom stereocenters. The minimum absolute atomic E-state index is 0.0211. The largest absolute Gasteiger partial charge is 0.394 e. The molecule has 8 heteroatoms. The van der Waals surface area contributed by atoms with Crippen molar-refractivity contribution < 1.29 is 24.2 Å². The van der Waals surface area contributed by atoms with Gasteiger partial charge in [-0.1, -0.05) is 58.9 Å². The minimum atomic E-state index is -1.29. The van der Waals surface area contributed by atoms with Crippen molar-refractivity contribution in [1.29, 1.82) is 0 Å². The Hall–Kier alpha value is -2.19. The van der Waals surface area contributed by atoms with Gasteiger partial charge in [0, 0.05) is 25.2 Å². The number of carbonyl (C=O) groups excluding carboxylic acids is 3. The summed E-state index contributed by atoms with van der Waals surface area (Å²) in [6.07, 6.45) is 9.76. The first-order chi connectivity index (χ1) is 17.7. The van der Waals surface area contributed by atoms with E-state index in [1.807, 2.05) is 50.0 Å². The molecule has 0 aromatic rings. The molecule has 8 nitrogen and oxygen atoms in total. The predicted octanol–water partition coefficient (Wildman–Crippen LogP) is 3.15. The molecule has 0 aromatic carbocycles. The number of aliphatic hydroxyl groups excluding tert-OH is 1. The number of hydrogen-bond donors (Lipinski definition) is 1. The number of likely N-dealkylation sites (tertiary alicyclic amines) is 1. The van der Waals surface area contributed by atoms with Crippen molar-refractivity contribution in [1.82, 2.24) is 14.7 Å². The lowest BCUT2D eigenvalue weighted by atomic mass is 9.74. The smallest absolute Gasteiger partial charge is 0.249 e. The average Bonchev–Trinajstić information content (AvgIpc) is 3.07. The molecule has 1 N–H and O–H groups in total. The van der Waals surface area contributed by atoms with E-state index in [-0.39, 0.29) is 29.7 Å². The minimum Gasteiger partial charge on any atom is -0.394 e. The van der Waals surface area contributed by atoms with Crippen LogP contribution < -0.4 is 0 Å². The molecule has 4 rings (SSSR count). The van der Waals surface area contributed by atoms with Crippen LogP contribution in [0.25, 0.3) is 0 Å². The van der Waals surface area contributed by atoms with Crippen LogP contribution in [0.1, 0.15) is 74.7 Å². The molecular weight excluding hydrogens is 482 g/mol. The van der Waals surface area contributed by atoms with E-state index in [1.165, 1.54) is 0 Å². The Balaban J connectivity index is 1.88. The highest BCUT2D eigenvalue weighted by molar-refractivity contribution is 6.00. The van der Waals surface area contributed by atoms with Crippen LogP contribution in [-0.4, -0.2) is 92.6 Å². The van der Waals surface area contributed by atoms with E-state index in [1.54, 1.807) is 9.80 Å². The number of carbonyl (C=O) groups is 3. The second kappa shape index (κ2) is 9.77. The molecule has 2 saturated heterocycles. The van der Waals surface area contributed by atoms with Crippen molar-refractivity contribution >= 4 is 17.7 Å². The third-order valence-electron chi connectivity index (χ3n) is 8.84. The highest BCUT2D eigenvalue weighted by Crippen LogP contribution is 2.58. The average molecular weight is 530 g/mol. The van der Waals surface area contributed by atoms with Gasteiger partial charge in [0.1, 0.15) is 11.6 Å². The standard InChI is InChI=1S/C30H47N3O5/c1-9-15-31-16-11-13-29(8)21(24(31)35)22-25(36)33(20(10-2)18-34)23-26(37)32(17-12-14-30(22,23)38-29)28(6,7)19-27(3,4)5/h11-14,20-23,34H,9-10,15-19H2,1-8H3/t20-,21-,22-,23?,29+,30-/m0/s1. The van der Waals surface area contributed by atoms with E-state index in [9.17, 15) is 19.5 Å². The van der Waals surface area contributed by atoms with Gasteiger partial charge in [0.15, 0.2) is 0 Å². The molecule has 0 aliphatic carbocycles. The Kier molecular flexibility index (Phi) is 7.41. The number of nitrogens with zero attached hydrogens (tertiary/aromatic N) is 3. The lowest BCUT2D eigenvalue weighted by Crippen LogP contribution is -2.62. The summed E-state index contributed by atoms with van der Waals surface area (Å²) < 4.78 is 6.88. The third-order valence-corrected chi connectivity index (χ3v) is 8.84. The van der Waals surface area contributed by atoms with Gasteiger partial charge in [-0.2, -0.15) is 0 Å². The first-order valence-electron chi connectivity index (χ1n) is 14.3. The van der Waals surface area contributed by atoms with Crippen LogP contribution in [0.2, 0.25) is 0 Å². The summed E-state index contributed by atoms with van der Waals surface area (Å²) in [4.78, 5) is 48.3. The Labute approximate surface area is 228 Å². The summed E-state index contributed by atoms with van der Waals surface area (Å²) in [5.74, 6) is -2.18. The molecule has 2 fully saturated rings. The van der Waals surface area contributed by atoms with Gasteiger partial charge in [0.25, 0.3) is 0 Å². The Bertz CT molecular complexity index is 1030. The van der Waals surface area contributed by atoms with Gasteiger partial charge in [-0.05, 0) is 45.4 Å². The monoisotopic (exact) mass is 529 g/mol. The molecule has 6 atom stereocenters. The van der Waals surface area contributed by atoms with Crippen molar-refractivity contribution in [2.24, 2.45) is 17.3 Å². The number of rotatable bonds is 7. The van der Waals surface area contributed by atoms with Crippen molar-refractivity contribution in [2.45, 2.75) is 103 Å². The lowest BCUT2D eigenvalue weighted by molar-refractivity contribution is -0.159. The molecule has 0 aromatic heterocycles. The normalized spacial score (nSPS) is 34.3. The zero-order chi connectivity index (χ0) is 28.3. The summed E-state index contributed by atoms with van der Waals surface area (Å²) in [6, 6.07) is -1.50. The lowest BCUT2D eigenvalue weighted by Gasteiger charge is -2.45. The van der Waals surface area contributed by atoms with Gasteiger partial charge in [-0.3, -0.25) is 14.4 Å². The maximum absolute atomic E-state index is 14.6. The molecule has 4 aliphatic heterocycles. The number of ether oxygens (including phenoxy) is 1. The van der Waals surface area contributed by atoms with Gasteiger partial charge in [0.05, 0.1) is 30.1 Å². The summed E-state index contributed by atoms with van der Waals surface area (Å²) in [6.45, 7) is 17.6. The summed E-state index contributed by atoms with van der Waals surface area (Å²) in [7, 11) is 0. The fraction of sp³-hybridized carbons (Fsp3) is 0.767. The van der Waals surface area contributed by atoms with E-state index >= 15 is 0 Å². The highest BCUT2D eigenvalue weighted by atomic mass is 16.5. The Morgan fingerprint density at radius 3 is 2.24 bits per heavy atom. The fourth-order valence-corrected chi connectivity index (χ4v) is 7.73. The van der Waals surface area contributed by atoms with E-state index in [4.69, 9.17) is 4.74 Å². The van der Waals surface area contributed by atoms with E-state index in [0.29, 0.717) is 26.1 Å². The molecular formula is C30H47N3O5. The summed E-state index contributed by atoms with van der Waals surface area (Å²) in [5.41, 5.74) is -2.82. The Morgan fingerprint density at radius 2 is 1.66 bits per heavy atom. The maximum Gasteiger partial charge on any atom is 0.249 e. The molecule has 0 bridgehead atoms. The van der Waals surface area contributed by atoms with Gasteiger partial charge in [-0.25, -0.2) is 0 Å². The van der Waals surface area contributed by atoms with Crippen LogP contribution in [-0.2, 0) is 19.1 Å². The highest BCUT2D eigenvalue weighted by Gasteiger charge is 2.75. The second-order valence-corrected chi connectivity index (χ2v) is 13.6. The number of fused-ring (bicyclic) bond motifs is 2. The molecule has 38 heavy (non-hydrogen) atoms. The molecule has 1 spiro atoms. The van der Waals surface area contributed by atoms with Crippen LogP contribution >= 0.6 is 0 Å². The quantitative estimate of drug-likeness (QED) is 0.512. The van der Waals surface area contributed by atoms with Gasteiger partial charge in [-0.15, -0.1) is 0 Å². The summed E-state index contributed by atoms with van der Waals surface area (Å²) >= 11 is 0. The van der Waals surface area contributed by atoms with Crippen LogP contribution in [0.3, 0.4) is 0 Å². The molecule has 3 amide bonds. The van der Waals surface area contributed by atoms with Crippen LogP contribution in [0, 0.1) is 17.3 Å². The molecule has 212 valence electrons. The van der Waals surface area contributed by atoms with Crippen LogP contribution in [0.15, 0.2) is 24.3 Å². The van der Waals surface area contributed by atoms with Gasteiger partial charge in [0.2, 0.25) is 17.7 Å². The van der Waals surface area contributed by atoms with Crippen LogP contribution in [0.4, 0.5) is 0 Å². The fourth-order valence-electron chi connectivity index (χ4n) is 7.73. The zero-order valence-corrected chi connectivity index (χ0v) is 24.5. The topological polar surface area (TPSA) is 90.4 Å². The molecule has 4 aliphatic rings. The SMILES string of the molecule is CCCN1CC=C[C@@]2(C)O[C@]34C=CCN(C(C)(C)CC(C)(C)C)C(=O)C3N([C@@H](CC)CO)C(=O)[C@@H]4[C@H]2C1=O. The van der Waals surface area contributed by atoms with E-state index in [2.05, 4.69) is 34.6 Å². The Morgan fingerprint density at radius 1 is 1.00 bits per heavy atom. The van der Waals surface area contributed by atoms with Gasteiger partial charge >= 0.3 is 0 Å². The summed E-state index contributed by atoms with van der Waals surface area (Å²) in [5, 5.41) is 10.3. The first-order valence-corrected chi connectivity index (χ1v) is 14.3. The van der Waals surface area contributed by atoms with Crippen molar-refractivity contribution in [3.05, 3.63) is 24.3 Å². The predicted molar refractivity (Wildman–Crippen MR) is 146 cm³/mol. The number of hydrogen-bond acceptors (Lipinski definition) is 5. The van der Waals surface area contributed by atoms with Crippen LogP contribution in [0.5, 0.6) is 0 Å². The third kappa shape index (κ3) is 4.41. The van der Waals surface area contributed by atoms with E-state index < -0.39 is 40.7 Å². The van der Waals surface area contributed by atoms with Crippen molar-refractivity contribution in [3.63, 3.8) is 0 Å². The number of amides is 3. The maximum atomic E-state index is 14.6. The molecule has 4 heterocycles. The number of aliphatic hydroxyl groups is 1. The molecule has 0 saturated carbocycles. The second-order valence-electron chi connectivity index (χ2n) is 13.6. The van der Waals surface area contributed by atoms with Crippen molar-refractivity contribution in [3.8, 4) is 0 Å². The van der Waals surface area contributed by atoms with E-state index in [0.717, 1.165) is 12.8 Å². The molecule has 0 radical (unpaired) electrons. The zero-order valence-electron chi connectivity index (χ0n) is 24.5. The van der Waals surface area contributed by atoms with Gasteiger partial charge < -0.3 is 24.5 Å². The first kappa shape index (κ1) is 28.8.